The number of nitrogens with zero attached hydrogens (tertiary/aromatic N) is 3. The SMILES string of the molecule is Cc1cc2ncc(CNCC3CCCC3)cn2n1. The minimum atomic E-state index is 0.883. The van der Waals surface area contributed by atoms with Gasteiger partial charge in [0.05, 0.1) is 5.69 Å². The topological polar surface area (TPSA) is 42.2 Å². The van der Waals surface area contributed by atoms with Crippen molar-refractivity contribution in [2.75, 3.05) is 6.54 Å². The predicted molar refractivity (Wildman–Crippen MR) is 71.4 cm³/mol. The lowest BCUT2D eigenvalue weighted by atomic mass is 10.1. The van der Waals surface area contributed by atoms with Gasteiger partial charge in [-0.3, -0.25) is 0 Å². The van der Waals surface area contributed by atoms with E-state index in [9.17, 15) is 0 Å². The first-order valence-electron chi connectivity index (χ1n) is 6.83. The molecule has 1 aliphatic carbocycles. The van der Waals surface area contributed by atoms with Crippen LogP contribution in [0, 0.1) is 12.8 Å². The van der Waals surface area contributed by atoms with Gasteiger partial charge in [0, 0.05) is 30.6 Å². The lowest BCUT2D eigenvalue weighted by Crippen LogP contribution is -2.21. The van der Waals surface area contributed by atoms with E-state index < -0.39 is 0 Å². The van der Waals surface area contributed by atoms with Gasteiger partial charge >= 0.3 is 0 Å². The van der Waals surface area contributed by atoms with E-state index in [0.29, 0.717) is 0 Å². The van der Waals surface area contributed by atoms with Crippen LogP contribution in [-0.2, 0) is 6.54 Å². The Balaban J connectivity index is 1.59. The molecule has 18 heavy (non-hydrogen) atoms. The van der Waals surface area contributed by atoms with Crippen LogP contribution in [-0.4, -0.2) is 21.1 Å². The van der Waals surface area contributed by atoms with Crippen LogP contribution in [0.1, 0.15) is 36.9 Å². The zero-order chi connectivity index (χ0) is 12.4. The van der Waals surface area contributed by atoms with Gasteiger partial charge in [0.1, 0.15) is 0 Å². The van der Waals surface area contributed by atoms with Gasteiger partial charge in [0.25, 0.3) is 0 Å². The largest absolute Gasteiger partial charge is 0.312 e. The quantitative estimate of drug-likeness (QED) is 0.897. The molecule has 0 spiro atoms. The van der Waals surface area contributed by atoms with Gasteiger partial charge in [-0.2, -0.15) is 5.10 Å². The molecule has 3 rings (SSSR count). The molecule has 0 atom stereocenters. The second-order valence-electron chi connectivity index (χ2n) is 5.33. The average Bonchev–Trinajstić information content (AvgIpc) is 2.96. The molecular weight excluding hydrogens is 224 g/mol. The Bertz CT molecular complexity index is 526. The first kappa shape index (κ1) is 11.7. The fraction of sp³-hybridized carbons (Fsp3) is 0.571. The molecular formula is C14H20N4. The van der Waals surface area contributed by atoms with Crippen LogP contribution in [0.5, 0.6) is 0 Å². The molecule has 96 valence electrons. The highest BCUT2D eigenvalue weighted by Gasteiger charge is 2.13. The fourth-order valence-electron chi connectivity index (χ4n) is 2.76. The second-order valence-corrected chi connectivity index (χ2v) is 5.33. The Morgan fingerprint density at radius 2 is 2.22 bits per heavy atom. The third-order valence-electron chi connectivity index (χ3n) is 3.73. The number of aromatic nitrogens is 3. The molecule has 0 aliphatic heterocycles. The Hall–Kier alpha value is -1.42. The van der Waals surface area contributed by atoms with Crippen LogP contribution < -0.4 is 5.32 Å². The second kappa shape index (κ2) is 5.06. The van der Waals surface area contributed by atoms with E-state index >= 15 is 0 Å². The van der Waals surface area contributed by atoms with Crippen molar-refractivity contribution in [3.63, 3.8) is 0 Å². The van der Waals surface area contributed by atoms with Crippen molar-refractivity contribution in [1.82, 2.24) is 19.9 Å². The molecule has 1 fully saturated rings. The maximum atomic E-state index is 4.41. The van der Waals surface area contributed by atoms with Gasteiger partial charge in [0.15, 0.2) is 5.65 Å². The van der Waals surface area contributed by atoms with E-state index in [1.807, 2.05) is 23.7 Å². The number of hydrogen-bond acceptors (Lipinski definition) is 3. The molecule has 0 amide bonds. The van der Waals surface area contributed by atoms with E-state index in [1.165, 1.54) is 31.2 Å². The van der Waals surface area contributed by atoms with E-state index in [4.69, 9.17) is 0 Å². The maximum Gasteiger partial charge on any atom is 0.155 e. The standard InChI is InChI=1S/C14H20N4/c1-11-6-14-16-9-13(10-18(14)17-11)8-15-7-12-4-2-3-5-12/h6,9-10,12,15H,2-5,7-8H2,1H3. The Labute approximate surface area is 107 Å². The molecule has 0 bridgehead atoms. The van der Waals surface area contributed by atoms with Crippen LogP contribution in [0.4, 0.5) is 0 Å². The zero-order valence-electron chi connectivity index (χ0n) is 10.9. The van der Waals surface area contributed by atoms with Crippen LogP contribution in [0.25, 0.3) is 5.65 Å². The molecule has 0 unspecified atom stereocenters. The highest BCUT2D eigenvalue weighted by Crippen LogP contribution is 2.23. The fourth-order valence-corrected chi connectivity index (χ4v) is 2.76. The molecule has 4 heteroatoms. The van der Waals surface area contributed by atoms with Gasteiger partial charge < -0.3 is 5.32 Å². The third kappa shape index (κ3) is 2.53. The monoisotopic (exact) mass is 244 g/mol. The first-order valence-corrected chi connectivity index (χ1v) is 6.83. The summed E-state index contributed by atoms with van der Waals surface area (Å²) in [6, 6.07) is 2.00. The normalized spacial score (nSPS) is 16.7. The highest BCUT2D eigenvalue weighted by molar-refractivity contribution is 5.38. The average molecular weight is 244 g/mol. The van der Waals surface area contributed by atoms with Gasteiger partial charge in [0.2, 0.25) is 0 Å². The minimum absolute atomic E-state index is 0.883. The third-order valence-corrected chi connectivity index (χ3v) is 3.73. The summed E-state index contributed by atoms with van der Waals surface area (Å²) in [6.45, 7) is 4.02. The van der Waals surface area contributed by atoms with Crippen molar-refractivity contribution in [1.29, 1.82) is 0 Å². The maximum absolute atomic E-state index is 4.41. The van der Waals surface area contributed by atoms with Gasteiger partial charge in [-0.25, -0.2) is 9.50 Å². The molecule has 1 N–H and O–H groups in total. The van der Waals surface area contributed by atoms with Crippen molar-refractivity contribution in [3.05, 3.63) is 29.7 Å². The van der Waals surface area contributed by atoms with E-state index in [1.54, 1.807) is 0 Å². The lowest BCUT2D eigenvalue weighted by molar-refractivity contribution is 0.488. The summed E-state index contributed by atoms with van der Waals surface area (Å²) in [5.74, 6) is 0.883. The summed E-state index contributed by atoms with van der Waals surface area (Å²) in [4.78, 5) is 4.41. The van der Waals surface area contributed by atoms with Crippen LogP contribution >= 0.6 is 0 Å². The van der Waals surface area contributed by atoms with Crippen molar-refractivity contribution in [3.8, 4) is 0 Å². The number of aryl methyl sites for hydroxylation is 1. The molecule has 4 nitrogen and oxygen atoms in total. The van der Waals surface area contributed by atoms with E-state index in [-0.39, 0.29) is 0 Å². The molecule has 0 radical (unpaired) electrons. The zero-order valence-corrected chi connectivity index (χ0v) is 10.9. The lowest BCUT2D eigenvalue weighted by Gasteiger charge is -2.10. The first-order chi connectivity index (χ1) is 8.81. The van der Waals surface area contributed by atoms with Crippen molar-refractivity contribution in [2.45, 2.75) is 39.2 Å². The van der Waals surface area contributed by atoms with Gasteiger partial charge in [-0.05, 0) is 32.2 Å². The molecule has 1 aliphatic rings. The molecule has 2 heterocycles. The van der Waals surface area contributed by atoms with E-state index in [0.717, 1.165) is 30.3 Å². The smallest absolute Gasteiger partial charge is 0.155 e. The van der Waals surface area contributed by atoms with Crippen LogP contribution in [0.3, 0.4) is 0 Å². The Morgan fingerprint density at radius 1 is 1.39 bits per heavy atom. The van der Waals surface area contributed by atoms with Crippen LogP contribution in [0.2, 0.25) is 0 Å². The van der Waals surface area contributed by atoms with Crippen molar-refractivity contribution < 1.29 is 0 Å². The van der Waals surface area contributed by atoms with Crippen molar-refractivity contribution >= 4 is 5.65 Å². The number of rotatable bonds is 4. The molecule has 2 aromatic rings. The van der Waals surface area contributed by atoms with Gasteiger partial charge in [-0.1, -0.05) is 12.8 Å². The Kier molecular flexibility index (Phi) is 3.28. The number of nitrogens with one attached hydrogen (secondary N) is 1. The highest BCUT2D eigenvalue weighted by atomic mass is 15.2. The Morgan fingerprint density at radius 3 is 3.06 bits per heavy atom. The summed E-state index contributed by atoms with van der Waals surface area (Å²) in [6.07, 6.45) is 9.61. The molecule has 0 saturated heterocycles. The summed E-state index contributed by atoms with van der Waals surface area (Å²) >= 11 is 0. The summed E-state index contributed by atoms with van der Waals surface area (Å²) in [5.41, 5.74) is 3.13. The van der Waals surface area contributed by atoms with E-state index in [2.05, 4.69) is 21.6 Å². The molecule has 2 aromatic heterocycles. The van der Waals surface area contributed by atoms with Crippen LogP contribution in [0.15, 0.2) is 18.5 Å². The number of hydrogen-bond donors (Lipinski definition) is 1. The summed E-state index contributed by atoms with van der Waals surface area (Å²) in [5, 5.41) is 7.92. The molecule has 0 aromatic carbocycles. The summed E-state index contributed by atoms with van der Waals surface area (Å²) in [7, 11) is 0. The summed E-state index contributed by atoms with van der Waals surface area (Å²) < 4.78 is 1.86. The minimum Gasteiger partial charge on any atom is -0.312 e. The number of fused-ring (bicyclic) bond motifs is 1. The molecule has 1 saturated carbocycles. The predicted octanol–water partition coefficient (Wildman–Crippen LogP) is 2.32. The van der Waals surface area contributed by atoms with Gasteiger partial charge in [-0.15, -0.1) is 0 Å². The van der Waals surface area contributed by atoms with Crippen molar-refractivity contribution in [2.24, 2.45) is 5.92 Å².